The van der Waals surface area contributed by atoms with Gasteiger partial charge in [0.05, 0.1) is 12.3 Å². The first-order valence-corrected chi connectivity index (χ1v) is 4.63. The highest BCUT2D eigenvalue weighted by Gasteiger charge is 2.08. The van der Waals surface area contributed by atoms with Crippen LogP contribution in [0.3, 0.4) is 0 Å². The van der Waals surface area contributed by atoms with Crippen LogP contribution in [0.15, 0.2) is 30.5 Å². The molecule has 1 heterocycles. The molecule has 0 fully saturated rings. The molecule has 4 heteroatoms. The molecule has 0 unspecified atom stereocenters. The number of phenols is 1. The third kappa shape index (κ3) is 1.85. The normalized spacial score (nSPS) is 10.5. The number of aryl methyl sites for hydroxylation is 1. The number of aromatic nitrogens is 2. The molecule has 2 N–H and O–H groups in total. The van der Waals surface area contributed by atoms with Crippen molar-refractivity contribution in [1.82, 2.24) is 9.78 Å². The molecule has 15 heavy (non-hydrogen) atoms. The maximum absolute atomic E-state index is 9.36. The van der Waals surface area contributed by atoms with Crippen molar-refractivity contribution in [2.75, 3.05) is 0 Å². The lowest BCUT2D eigenvalue weighted by Gasteiger charge is -2.00. The van der Waals surface area contributed by atoms with Crippen LogP contribution in [-0.4, -0.2) is 20.0 Å². The lowest BCUT2D eigenvalue weighted by molar-refractivity contribution is 0.276. The summed E-state index contributed by atoms with van der Waals surface area (Å²) < 4.78 is 1.64. The van der Waals surface area contributed by atoms with Crippen LogP contribution in [-0.2, 0) is 13.7 Å². The highest BCUT2D eigenvalue weighted by molar-refractivity contribution is 5.66. The summed E-state index contributed by atoms with van der Waals surface area (Å²) in [6.45, 7) is -0.105. The van der Waals surface area contributed by atoms with Gasteiger partial charge in [0.1, 0.15) is 5.75 Å². The predicted molar refractivity (Wildman–Crippen MR) is 56.2 cm³/mol. The molecule has 0 aliphatic heterocycles. The first-order valence-electron chi connectivity index (χ1n) is 4.63. The van der Waals surface area contributed by atoms with Crippen LogP contribution in [0.2, 0.25) is 0 Å². The third-order valence-electron chi connectivity index (χ3n) is 2.21. The molecule has 0 saturated carbocycles. The number of aliphatic hydroxyl groups excluding tert-OH is 1. The van der Waals surface area contributed by atoms with Gasteiger partial charge in [-0.1, -0.05) is 12.1 Å². The van der Waals surface area contributed by atoms with Gasteiger partial charge >= 0.3 is 0 Å². The van der Waals surface area contributed by atoms with Crippen LogP contribution in [0.1, 0.15) is 5.69 Å². The molecule has 2 aromatic rings. The number of benzene rings is 1. The Morgan fingerprint density at radius 3 is 2.87 bits per heavy atom. The second kappa shape index (κ2) is 3.74. The van der Waals surface area contributed by atoms with E-state index in [1.54, 1.807) is 29.9 Å². The van der Waals surface area contributed by atoms with Gasteiger partial charge in [-0.15, -0.1) is 0 Å². The van der Waals surface area contributed by atoms with E-state index in [2.05, 4.69) is 5.10 Å². The molecule has 0 saturated heterocycles. The van der Waals surface area contributed by atoms with Crippen molar-refractivity contribution in [1.29, 1.82) is 0 Å². The maximum Gasteiger partial charge on any atom is 0.116 e. The molecule has 1 aromatic heterocycles. The van der Waals surface area contributed by atoms with Crippen molar-refractivity contribution in [3.05, 3.63) is 36.2 Å². The topological polar surface area (TPSA) is 58.3 Å². The zero-order chi connectivity index (χ0) is 10.8. The van der Waals surface area contributed by atoms with E-state index in [-0.39, 0.29) is 12.4 Å². The summed E-state index contributed by atoms with van der Waals surface area (Å²) in [6.07, 6.45) is 1.82. The number of rotatable bonds is 2. The first kappa shape index (κ1) is 9.73. The van der Waals surface area contributed by atoms with Crippen molar-refractivity contribution in [3.63, 3.8) is 0 Å². The highest BCUT2D eigenvalue weighted by atomic mass is 16.3. The van der Waals surface area contributed by atoms with Crippen LogP contribution < -0.4 is 0 Å². The maximum atomic E-state index is 9.36. The molecule has 0 aliphatic rings. The monoisotopic (exact) mass is 204 g/mol. The van der Waals surface area contributed by atoms with Gasteiger partial charge in [-0.05, 0) is 17.7 Å². The average molecular weight is 204 g/mol. The molecule has 0 radical (unpaired) electrons. The lowest BCUT2D eigenvalue weighted by Crippen LogP contribution is -1.90. The fraction of sp³-hybridized carbons (Fsp3) is 0.182. The SMILES string of the molecule is Cn1cc(-c2cccc(O)c2)c(CO)n1. The molecule has 2 rings (SSSR count). The molecule has 0 atom stereocenters. The van der Waals surface area contributed by atoms with Gasteiger partial charge < -0.3 is 10.2 Å². The Morgan fingerprint density at radius 1 is 1.40 bits per heavy atom. The van der Waals surface area contributed by atoms with Crippen molar-refractivity contribution in [3.8, 4) is 16.9 Å². The van der Waals surface area contributed by atoms with E-state index in [0.29, 0.717) is 5.69 Å². The highest BCUT2D eigenvalue weighted by Crippen LogP contribution is 2.25. The second-order valence-electron chi connectivity index (χ2n) is 3.37. The van der Waals surface area contributed by atoms with Crippen LogP contribution in [0.25, 0.3) is 11.1 Å². The molecule has 1 aromatic carbocycles. The van der Waals surface area contributed by atoms with Crippen LogP contribution in [0, 0.1) is 0 Å². The van der Waals surface area contributed by atoms with E-state index in [0.717, 1.165) is 11.1 Å². The summed E-state index contributed by atoms with van der Waals surface area (Å²) >= 11 is 0. The van der Waals surface area contributed by atoms with E-state index < -0.39 is 0 Å². The van der Waals surface area contributed by atoms with Gasteiger partial charge in [-0.3, -0.25) is 4.68 Å². The molecular formula is C11H12N2O2. The summed E-state index contributed by atoms with van der Waals surface area (Å²) in [5, 5.41) is 22.6. The smallest absolute Gasteiger partial charge is 0.116 e. The van der Waals surface area contributed by atoms with Crippen molar-refractivity contribution >= 4 is 0 Å². The summed E-state index contributed by atoms with van der Waals surface area (Å²) in [4.78, 5) is 0. The summed E-state index contributed by atoms with van der Waals surface area (Å²) in [6, 6.07) is 6.89. The third-order valence-corrected chi connectivity index (χ3v) is 2.21. The van der Waals surface area contributed by atoms with Gasteiger partial charge in [0.15, 0.2) is 0 Å². The molecule has 0 bridgehead atoms. The lowest BCUT2D eigenvalue weighted by atomic mass is 10.1. The number of aromatic hydroxyl groups is 1. The first-order chi connectivity index (χ1) is 7.20. The number of hydrogen-bond acceptors (Lipinski definition) is 3. The zero-order valence-corrected chi connectivity index (χ0v) is 8.38. The summed E-state index contributed by atoms with van der Waals surface area (Å²) in [5.74, 6) is 0.209. The predicted octanol–water partition coefficient (Wildman–Crippen LogP) is 1.28. The van der Waals surface area contributed by atoms with Crippen molar-refractivity contribution in [2.45, 2.75) is 6.61 Å². The molecule has 0 aliphatic carbocycles. The largest absolute Gasteiger partial charge is 0.508 e. The molecular weight excluding hydrogens is 192 g/mol. The van der Waals surface area contributed by atoms with Crippen LogP contribution in [0.4, 0.5) is 0 Å². The minimum atomic E-state index is -0.105. The van der Waals surface area contributed by atoms with E-state index >= 15 is 0 Å². The van der Waals surface area contributed by atoms with E-state index in [4.69, 9.17) is 5.11 Å². The van der Waals surface area contributed by atoms with Crippen molar-refractivity contribution < 1.29 is 10.2 Å². The van der Waals surface area contributed by atoms with E-state index in [1.165, 1.54) is 0 Å². The average Bonchev–Trinajstić information content (AvgIpc) is 2.59. The number of aliphatic hydroxyl groups is 1. The van der Waals surface area contributed by atoms with Gasteiger partial charge in [0.25, 0.3) is 0 Å². The Bertz CT molecular complexity index is 477. The van der Waals surface area contributed by atoms with E-state index in [1.807, 2.05) is 12.3 Å². The fourth-order valence-electron chi connectivity index (χ4n) is 1.57. The minimum Gasteiger partial charge on any atom is -0.508 e. The van der Waals surface area contributed by atoms with Crippen LogP contribution >= 0.6 is 0 Å². The van der Waals surface area contributed by atoms with Gasteiger partial charge in [-0.2, -0.15) is 5.10 Å². The van der Waals surface area contributed by atoms with Gasteiger partial charge in [0.2, 0.25) is 0 Å². The fourth-order valence-corrected chi connectivity index (χ4v) is 1.57. The molecule has 4 nitrogen and oxygen atoms in total. The molecule has 78 valence electrons. The summed E-state index contributed by atoms with van der Waals surface area (Å²) in [7, 11) is 1.80. The Balaban J connectivity index is 2.53. The number of phenolic OH excluding ortho intramolecular Hbond substituents is 1. The zero-order valence-electron chi connectivity index (χ0n) is 8.38. The standard InChI is InChI=1S/C11H12N2O2/c1-13-6-10(11(7-14)12-13)8-3-2-4-9(15)5-8/h2-6,14-15H,7H2,1H3. The van der Waals surface area contributed by atoms with Crippen LogP contribution in [0.5, 0.6) is 5.75 Å². The van der Waals surface area contributed by atoms with Gasteiger partial charge in [-0.25, -0.2) is 0 Å². The van der Waals surface area contributed by atoms with Crippen molar-refractivity contribution in [2.24, 2.45) is 7.05 Å². The Morgan fingerprint density at radius 2 is 2.20 bits per heavy atom. The summed E-state index contributed by atoms with van der Waals surface area (Å²) in [5.41, 5.74) is 2.31. The Hall–Kier alpha value is -1.81. The van der Waals surface area contributed by atoms with Gasteiger partial charge in [0, 0.05) is 18.8 Å². The second-order valence-corrected chi connectivity index (χ2v) is 3.37. The molecule has 0 amide bonds. The minimum absolute atomic E-state index is 0.105. The Labute approximate surface area is 87.4 Å². The number of nitrogens with zero attached hydrogens (tertiary/aromatic N) is 2. The molecule has 0 spiro atoms. The quantitative estimate of drug-likeness (QED) is 0.774. The van der Waals surface area contributed by atoms with E-state index in [9.17, 15) is 5.11 Å². The Kier molecular flexibility index (Phi) is 2.43. The number of hydrogen-bond donors (Lipinski definition) is 2.